The number of anilines is 2. The highest BCUT2D eigenvalue weighted by Crippen LogP contribution is 2.33. The van der Waals surface area contributed by atoms with Crippen molar-refractivity contribution in [3.63, 3.8) is 0 Å². The first-order valence-corrected chi connectivity index (χ1v) is 8.64. The summed E-state index contributed by atoms with van der Waals surface area (Å²) in [4.78, 5) is 26.4. The number of fused-ring (bicyclic) bond motifs is 1. The monoisotopic (exact) mass is 373 g/mol. The van der Waals surface area contributed by atoms with Crippen molar-refractivity contribution < 1.29 is 14.3 Å². The van der Waals surface area contributed by atoms with Crippen LogP contribution < -0.4 is 20.3 Å². The van der Waals surface area contributed by atoms with Gasteiger partial charge in [0.1, 0.15) is 5.75 Å². The Balaban J connectivity index is 1.78. The first kappa shape index (κ1) is 18.1. The summed E-state index contributed by atoms with van der Waals surface area (Å²) in [6.45, 7) is 2.29. The third kappa shape index (κ3) is 3.91. The Morgan fingerprint density at radius 1 is 1.27 bits per heavy atom. The molecule has 2 aromatic rings. The summed E-state index contributed by atoms with van der Waals surface area (Å²) < 4.78 is 5.75. The van der Waals surface area contributed by atoms with Crippen LogP contribution in [0.4, 0.5) is 11.4 Å². The molecule has 0 aromatic heterocycles. The smallest absolute Gasteiger partial charge is 0.262 e. The topological polar surface area (TPSA) is 70.7 Å². The fraction of sp³-hybridized carbons (Fsp3) is 0.263. The van der Waals surface area contributed by atoms with Gasteiger partial charge in [0.05, 0.1) is 18.8 Å². The highest BCUT2D eigenvalue weighted by Gasteiger charge is 2.31. The van der Waals surface area contributed by atoms with Gasteiger partial charge in [0.25, 0.3) is 5.91 Å². The molecule has 2 amide bonds. The lowest BCUT2D eigenvalue weighted by Crippen LogP contribution is -2.50. The van der Waals surface area contributed by atoms with Crippen LogP contribution in [0.2, 0.25) is 5.02 Å². The van der Waals surface area contributed by atoms with Gasteiger partial charge in [-0.3, -0.25) is 9.59 Å². The summed E-state index contributed by atoms with van der Waals surface area (Å²) in [7, 11) is 1.56. The largest absolute Gasteiger partial charge is 0.477 e. The van der Waals surface area contributed by atoms with Crippen LogP contribution in [-0.4, -0.2) is 38.1 Å². The molecule has 0 saturated carbocycles. The average Bonchev–Trinajstić information content (AvgIpc) is 2.64. The first-order valence-electron chi connectivity index (χ1n) is 8.26. The number of carbonyl (C=O) groups is 2. The number of ether oxygens (including phenoxy) is 1. The summed E-state index contributed by atoms with van der Waals surface area (Å²) in [5, 5.41) is 6.03. The SMILES string of the molecule is CNC(=O)[C@H]1CN(CC(=O)Nc2cc(Cl)ccc2C)c2ccccc2O1. The molecule has 6 nitrogen and oxygen atoms in total. The van der Waals surface area contributed by atoms with Gasteiger partial charge in [-0.05, 0) is 36.8 Å². The summed E-state index contributed by atoms with van der Waals surface area (Å²) in [5.74, 6) is 0.164. The summed E-state index contributed by atoms with van der Waals surface area (Å²) >= 11 is 6.01. The van der Waals surface area contributed by atoms with Crippen LogP contribution >= 0.6 is 11.6 Å². The number of benzene rings is 2. The molecule has 0 saturated heterocycles. The predicted octanol–water partition coefficient (Wildman–Crippen LogP) is 2.60. The number of nitrogens with one attached hydrogen (secondary N) is 2. The van der Waals surface area contributed by atoms with Crippen molar-refractivity contribution in [2.75, 3.05) is 30.4 Å². The molecule has 0 unspecified atom stereocenters. The van der Waals surface area contributed by atoms with Crippen molar-refractivity contribution in [3.05, 3.63) is 53.1 Å². The molecule has 0 spiro atoms. The van der Waals surface area contributed by atoms with Crippen molar-refractivity contribution in [2.24, 2.45) is 0 Å². The van der Waals surface area contributed by atoms with Gasteiger partial charge in [-0.1, -0.05) is 29.8 Å². The average molecular weight is 374 g/mol. The number of likely N-dealkylation sites (N-methyl/N-ethyl adjacent to an activating group) is 1. The van der Waals surface area contributed by atoms with Crippen LogP contribution in [0.5, 0.6) is 5.75 Å². The molecule has 7 heteroatoms. The Bertz CT molecular complexity index is 841. The van der Waals surface area contributed by atoms with E-state index < -0.39 is 6.10 Å². The van der Waals surface area contributed by atoms with E-state index in [0.717, 1.165) is 11.3 Å². The highest BCUT2D eigenvalue weighted by molar-refractivity contribution is 6.31. The van der Waals surface area contributed by atoms with Gasteiger partial charge in [-0.2, -0.15) is 0 Å². The van der Waals surface area contributed by atoms with Crippen molar-refractivity contribution in [3.8, 4) is 5.75 Å². The summed E-state index contributed by atoms with van der Waals surface area (Å²) in [6, 6.07) is 12.7. The van der Waals surface area contributed by atoms with E-state index in [9.17, 15) is 9.59 Å². The van der Waals surface area contributed by atoms with Gasteiger partial charge >= 0.3 is 0 Å². The minimum absolute atomic E-state index is 0.0970. The molecule has 1 heterocycles. The van der Waals surface area contributed by atoms with Gasteiger partial charge < -0.3 is 20.3 Å². The number of para-hydroxylation sites is 2. The second kappa shape index (κ2) is 7.66. The minimum atomic E-state index is -0.671. The normalized spacial score (nSPS) is 15.7. The molecular weight excluding hydrogens is 354 g/mol. The predicted molar refractivity (Wildman–Crippen MR) is 102 cm³/mol. The Kier molecular flexibility index (Phi) is 5.32. The Morgan fingerprint density at radius 2 is 2.04 bits per heavy atom. The lowest BCUT2D eigenvalue weighted by atomic mass is 10.1. The number of rotatable bonds is 4. The Hall–Kier alpha value is -2.73. The fourth-order valence-corrected chi connectivity index (χ4v) is 3.02. The second-order valence-corrected chi connectivity index (χ2v) is 6.51. The van der Waals surface area contributed by atoms with E-state index in [2.05, 4.69) is 10.6 Å². The van der Waals surface area contributed by atoms with Gasteiger partial charge in [0.15, 0.2) is 6.10 Å². The molecule has 1 atom stereocenters. The molecule has 0 fully saturated rings. The van der Waals surface area contributed by atoms with Crippen molar-refractivity contribution in [2.45, 2.75) is 13.0 Å². The van der Waals surface area contributed by atoms with Crippen LogP contribution in [0.3, 0.4) is 0 Å². The zero-order chi connectivity index (χ0) is 18.7. The number of hydrogen-bond donors (Lipinski definition) is 2. The van der Waals surface area contributed by atoms with Crippen LogP contribution in [0, 0.1) is 6.92 Å². The molecule has 0 aliphatic carbocycles. The number of aryl methyl sites for hydroxylation is 1. The van der Waals surface area contributed by atoms with Crippen molar-refractivity contribution in [1.82, 2.24) is 5.32 Å². The molecular formula is C19H20ClN3O3. The lowest BCUT2D eigenvalue weighted by Gasteiger charge is -2.35. The molecule has 2 aromatic carbocycles. The number of halogens is 1. The Morgan fingerprint density at radius 3 is 2.81 bits per heavy atom. The van der Waals surface area contributed by atoms with Crippen molar-refractivity contribution in [1.29, 1.82) is 0 Å². The minimum Gasteiger partial charge on any atom is -0.477 e. The number of hydrogen-bond acceptors (Lipinski definition) is 4. The lowest BCUT2D eigenvalue weighted by molar-refractivity contribution is -0.127. The van der Waals surface area contributed by atoms with Crippen molar-refractivity contribution >= 4 is 34.8 Å². The standard InChI is InChI=1S/C19H20ClN3O3/c1-12-7-8-13(20)9-14(12)22-18(24)11-23-10-17(19(25)21-2)26-16-6-4-3-5-15(16)23/h3-9,17H,10-11H2,1-2H3,(H,21,25)(H,22,24)/t17-/m1/s1. The van der Waals surface area contributed by atoms with E-state index in [1.807, 2.05) is 36.1 Å². The van der Waals surface area contributed by atoms with Crippen LogP contribution in [-0.2, 0) is 9.59 Å². The zero-order valence-corrected chi connectivity index (χ0v) is 15.3. The molecule has 1 aliphatic rings. The summed E-state index contributed by atoms with van der Waals surface area (Å²) in [6.07, 6.45) is -0.671. The molecule has 3 rings (SSSR count). The highest BCUT2D eigenvalue weighted by atomic mass is 35.5. The Labute approximate surface area is 157 Å². The molecule has 1 aliphatic heterocycles. The quantitative estimate of drug-likeness (QED) is 0.864. The van der Waals surface area contributed by atoms with Crippen LogP contribution in [0.25, 0.3) is 0 Å². The second-order valence-electron chi connectivity index (χ2n) is 6.08. The van der Waals surface area contributed by atoms with Crippen LogP contribution in [0.15, 0.2) is 42.5 Å². The van der Waals surface area contributed by atoms with E-state index >= 15 is 0 Å². The maximum absolute atomic E-state index is 12.6. The van der Waals surface area contributed by atoms with E-state index in [4.69, 9.17) is 16.3 Å². The number of nitrogens with zero attached hydrogens (tertiary/aromatic N) is 1. The van der Waals surface area contributed by atoms with Gasteiger partial charge in [0.2, 0.25) is 5.91 Å². The summed E-state index contributed by atoms with van der Waals surface area (Å²) in [5.41, 5.74) is 2.38. The van der Waals surface area contributed by atoms with E-state index in [1.165, 1.54) is 0 Å². The number of carbonyl (C=O) groups excluding carboxylic acids is 2. The molecule has 26 heavy (non-hydrogen) atoms. The first-order chi connectivity index (χ1) is 12.5. The maximum atomic E-state index is 12.6. The maximum Gasteiger partial charge on any atom is 0.262 e. The van der Waals surface area contributed by atoms with E-state index in [0.29, 0.717) is 23.0 Å². The van der Waals surface area contributed by atoms with E-state index in [-0.39, 0.29) is 18.4 Å². The molecule has 2 N–H and O–H groups in total. The molecule has 0 radical (unpaired) electrons. The van der Waals surface area contributed by atoms with Gasteiger partial charge in [-0.15, -0.1) is 0 Å². The number of amides is 2. The third-order valence-electron chi connectivity index (χ3n) is 4.21. The third-order valence-corrected chi connectivity index (χ3v) is 4.44. The fourth-order valence-electron chi connectivity index (χ4n) is 2.85. The van der Waals surface area contributed by atoms with Gasteiger partial charge in [-0.25, -0.2) is 0 Å². The van der Waals surface area contributed by atoms with Gasteiger partial charge in [0, 0.05) is 17.8 Å². The van der Waals surface area contributed by atoms with Crippen LogP contribution in [0.1, 0.15) is 5.56 Å². The molecule has 0 bridgehead atoms. The zero-order valence-electron chi connectivity index (χ0n) is 14.6. The van der Waals surface area contributed by atoms with E-state index in [1.54, 1.807) is 25.2 Å². The molecule has 136 valence electrons.